The van der Waals surface area contributed by atoms with E-state index in [9.17, 15) is 9.90 Å². The summed E-state index contributed by atoms with van der Waals surface area (Å²) in [7, 11) is 1.83. The molecule has 0 spiro atoms. The lowest BCUT2D eigenvalue weighted by Gasteiger charge is -2.35. The summed E-state index contributed by atoms with van der Waals surface area (Å²) in [4.78, 5) is 18.1. The van der Waals surface area contributed by atoms with Crippen molar-refractivity contribution in [1.29, 1.82) is 0 Å². The molecule has 162 valence electrons. The number of hydrogen-bond acceptors (Lipinski definition) is 5. The number of carbonyl (C=O) groups excluding carboxylic acids is 1. The van der Waals surface area contributed by atoms with Crippen molar-refractivity contribution < 1.29 is 14.6 Å². The summed E-state index contributed by atoms with van der Waals surface area (Å²) in [6, 6.07) is 10.2. The van der Waals surface area contributed by atoms with Crippen LogP contribution in [0.15, 0.2) is 42.7 Å². The Kier molecular flexibility index (Phi) is 6.98. The quantitative estimate of drug-likeness (QED) is 0.744. The molecule has 30 heavy (non-hydrogen) atoms. The average Bonchev–Trinajstić information content (AvgIpc) is 2.72. The highest BCUT2D eigenvalue weighted by Gasteiger charge is 2.29. The molecule has 1 aromatic heterocycles. The van der Waals surface area contributed by atoms with Gasteiger partial charge in [-0.25, -0.2) is 4.79 Å². The molecule has 2 aromatic rings. The number of rotatable bonds is 5. The Morgan fingerprint density at radius 2 is 1.80 bits per heavy atom. The van der Waals surface area contributed by atoms with Gasteiger partial charge >= 0.3 is 6.09 Å². The molecule has 6 heteroatoms. The van der Waals surface area contributed by atoms with Gasteiger partial charge in [0, 0.05) is 43.6 Å². The van der Waals surface area contributed by atoms with Crippen LogP contribution >= 0.6 is 0 Å². The van der Waals surface area contributed by atoms with E-state index in [1.165, 1.54) is 0 Å². The fourth-order valence-electron chi connectivity index (χ4n) is 3.86. The van der Waals surface area contributed by atoms with Gasteiger partial charge in [0.05, 0.1) is 0 Å². The highest BCUT2D eigenvalue weighted by Crippen LogP contribution is 2.27. The zero-order chi connectivity index (χ0) is 21.7. The van der Waals surface area contributed by atoms with Crippen LogP contribution in [0.2, 0.25) is 0 Å². The predicted octanol–water partition coefficient (Wildman–Crippen LogP) is 4.72. The Hall–Kier alpha value is -2.60. The first-order valence-corrected chi connectivity index (χ1v) is 10.6. The molecule has 0 atom stereocenters. The van der Waals surface area contributed by atoms with Gasteiger partial charge in [-0.05, 0) is 81.8 Å². The van der Waals surface area contributed by atoms with E-state index in [1.807, 2.05) is 52.1 Å². The Morgan fingerprint density at radius 1 is 1.13 bits per heavy atom. The lowest BCUT2D eigenvalue weighted by atomic mass is 9.90. The van der Waals surface area contributed by atoms with Crippen molar-refractivity contribution in [3.63, 3.8) is 0 Å². The van der Waals surface area contributed by atoms with Crippen molar-refractivity contribution >= 4 is 6.09 Å². The maximum atomic E-state index is 12.3. The number of hydrogen-bond donors (Lipinski definition) is 2. The number of nitrogens with one attached hydrogen (secondary N) is 1. The summed E-state index contributed by atoms with van der Waals surface area (Å²) in [6.45, 7) is 6.28. The van der Waals surface area contributed by atoms with Crippen molar-refractivity contribution in [1.82, 2.24) is 15.2 Å². The summed E-state index contributed by atoms with van der Waals surface area (Å²) in [5.41, 5.74) is 2.56. The zero-order valence-electron chi connectivity index (χ0n) is 18.4. The molecule has 1 heterocycles. The first-order valence-electron chi connectivity index (χ1n) is 10.6. The van der Waals surface area contributed by atoms with Crippen LogP contribution in [0, 0.1) is 0 Å². The standard InChI is InChI=1S/C24H33N3O3/c1-24(2,3)30-23(29)27(4)21-8-6-20(7-9-21)26-16-19-15-18(5-10-22(19)28)17-11-13-25-14-12-17/h5,10-15,20-21,26,28H,6-9,16H2,1-4H3. The third kappa shape index (κ3) is 5.95. The molecule has 1 fully saturated rings. The normalized spacial score (nSPS) is 19.3. The Balaban J connectivity index is 1.52. The van der Waals surface area contributed by atoms with Gasteiger partial charge in [0.1, 0.15) is 11.4 Å². The van der Waals surface area contributed by atoms with Crippen molar-refractivity contribution in [2.75, 3.05) is 7.05 Å². The third-order valence-electron chi connectivity index (χ3n) is 5.60. The monoisotopic (exact) mass is 411 g/mol. The fraction of sp³-hybridized carbons (Fsp3) is 0.500. The Bertz CT molecular complexity index is 841. The summed E-state index contributed by atoms with van der Waals surface area (Å²) in [5.74, 6) is 0.304. The molecule has 0 saturated heterocycles. The number of nitrogens with zero attached hydrogens (tertiary/aromatic N) is 2. The first-order chi connectivity index (χ1) is 14.2. The van der Waals surface area contributed by atoms with E-state index in [0.717, 1.165) is 42.4 Å². The van der Waals surface area contributed by atoms with Gasteiger partial charge < -0.3 is 20.1 Å². The highest BCUT2D eigenvalue weighted by molar-refractivity contribution is 5.68. The second-order valence-electron chi connectivity index (χ2n) is 9.06. The van der Waals surface area contributed by atoms with Gasteiger partial charge in [0.2, 0.25) is 0 Å². The van der Waals surface area contributed by atoms with Crippen molar-refractivity contribution in [2.24, 2.45) is 0 Å². The van der Waals surface area contributed by atoms with Crippen LogP contribution in [-0.4, -0.2) is 45.8 Å². The number of amides is 1. The lowest BCUT2D eigenvalue weighted by molar-refractivity contribution is 0.0179. The van der Waals surface area contributed by atoms with Crippen molar-refractivity contribution in [3.8, 4) is 16.9 Å². The van der Waals surface area contributed by atoms with E-state index in [0.29, 0.717) is 18.3 Å². The van der Waals surface area contributed by atoms with Crippen molar-refractivity contribution in [3.05, 3.63) is 48.3 Å². The van der Waals surface area contributed by atoms with Crippen LogP contribution < -0.4 is 5.32 Å². The minimum Gasteiger partial charge on any atom is -0.508 e. The van der Waals surface area contributed by atoms with Gasteiger partial charge in [0.25, 0.3) is 0 Å². The molecule has 0 aliphatic heterocycles. The summed E-state index contributed by atoms with van der Waals surface area (Å²) < 4.78 is 5.49. The molecule has 0 bridgehead atoms. The average molecular weight is 412 g/mol. The van der Waals surface area contributed by atoms with Gasteiger partial charge in [-0.2, -0.15) is 0 Å². The fourth-order valence-corrected chi connectivity index (χ4v) is 3.86. The van der Waals surface area contributed by atoms with E-state index in [4.69, 9.17) is 4.74 Å². The largest absolute Gasteiger partial charge is 0.508 e. The number of phenols is 1. The number of pyridine rings is 1. The minimum absolute atomic E-state index is 0.210. The minimum atomic E-state index is -0.475. The Labute approximate surface area is 179 Å². The molecule has 0 radical (unpaired) electrons. The van der Waals surface area contributed by atoms with Gasteiger partial charge in [-0.3, -0.25) is 4.98 Å². The molecule has 2 N–H and O–H groups in total. The molecule has 3 rings (SSSR count). The van der Waals surface area contributed by atoms with Crippen LogP contribution in [0.4, 0.5) is 4.79 Å². The molecule has 0 unspecified atom stereocenters. The second kappa shape index (κ2) is 9.47. The zero-order valence-corrected chi connectivity index (χ0v) is 18.4. The lowest BCUT2D eigenvalue weighted by Crippen LogP contribution is -2.44. The smallest absolute Gasteiger partial charge is 0.410 e. The van der Waals surface area contributed by atoms with E-state index in [2.05, 4.69) is 10.3 Å². The second-order valence-corrected chi connectivity index (χ2v) is 9.06. The summed E-state index contributed by atoms with van der Waals surface area (Å²) in [5, 5.41) is 13.8. The number of ether oxygens (including phenoxy) is 1. The van der Waals surface area contributed by atoms with Gasteiger partial charge in [-0.1, -0.05) is 6.07 Å². The molecule has 1 aliphatic rings. The molecule has 6 nitrogen and oxygen atoms in total. The van der Waals surface area contributed by atoms with Crippen LogP contribution in [0.5, 0.6) is 5.75 Å². The summed E-state index contributed by atoms with van der Waals surface area (Å²) >= 11 is 0. The van der Waals surface area contributed by atoms with Crippen LogP contribution in [0.1, 0.15) is 52.0 Å². The Morgan fingerprint density at radius 3 is 2.43 bits per heavy atom. The number of carbonyl (C=O) groups is 1. The van der Waals surface area contributed by atoms with Gasteiger partial charge in [0.15, 0.2) is 0 Å². The number of phenolic OH excluding ortho intramolecular Hbond substituents is 1. The van der Waals surface area contributed by atoms with Crippen LogP contribution in [-0.2, 0) is 11.3 Å². The number of benzene rings is 1. The molecular weight excluding hydrogens is 378 g/mol. The van der Waals surface area contributed by atoms with Gasteiger partial charge in [-0.15, -0.1) is 0 Å². The maximum absolute atomic E-state index is 12.3. The topological polar surface area (TPSA) is 74.7 Å². The summed E-state index contributed by atoms with van der Waals surface area (Å²) in [6.07, 6.45) is 7.15. The third-order valence-corrected chi connectivity index (χ3v) is 5.60. The van der Waals surface area contributed by atoms with E-state index >= 15 is 0 Å². The van der Waals surface area contributed by atoms with Crippen LogP contribution in [0.3, 0.4) is 0 Å². The first kappa shape index (κ1) is 22.1. The molecule has 1 amide bonds. The molecular formula is C24H33N3O3. The predicted molar refractivity (Wildman–Crippen MR) is 118 cm³/mol. The number of aromatic nitrogens is 1. The van der Waals surface area contributed by atoms with Crippen molar-refractivity contribution in [2.45, 2.75) is 70.7 Å². The molecule has 1 aliphatic carbocycles. The SMILES string of the molecule is CN(C(=O)OC(C)(C)C)C1CCC(NCc2cc(-c3ccncc3)ccc2O)CC1. The van der Waals surface area contributed by atoms with E-state index in [-0.39, 0.29) is 12.1 Å². The maximum Gasteiger partial charge on any atom is 0.410 e. The van der Waals surface area contributed by atoms with E-state index in [1.54, 1.807) is 23.4 Å². The van der Waals surface area contributed by atoms with E-state index < -0.39 is 5.60 Å². The highest BCUT2D eigenvalue weighted by atomic mass is 16.6. The van der Waals surface area contributed by atoms with Crippen LogP contribution in [0.25, 0.3) is 11.1 Å². The molecule has 1 saturated carbocycles. The molecule has 1 aromatic carbocycles. The number of aromatic hydroxyl groups is 1.